The van der Waals surface area contributed by atoms with Gasteiger partial charge in [-0.15, -0.1) is 0 Å². The van der Waals surface area contributed by atoms with Crippen LogP contribution in [0.25, 0.3) is 0 Å². The lowest BCUT2D eigenvalue weighted by Crippen LogP contribution is -2.14. The zero-order valence-corrected chi connectivity index (χ0v) is 19.9. The summed E-state index contributed by atoms with van der Waals surface area (Å²) in [6, 6.07) is 18.6. The molecule has 3 aromatic carbocycles. The number of sulfonamides is 1. The Hall–Kier alpha value is -3.36. The van der Waals surface area contributed by atoms with Gasteiger partial charge in [-0.25, -0.2) is 13.6 Å². The van der Waals surface area contributed by atoms with Crippen LogP contribution < -0.4 is 19.9 Å². The Kier molecular flexibility index (Phi) is 7.09. The van der Waals surface area contributed by atoms with Crippen molar-refractivity contribution < 1.29 is 22.7 Å². The molecule has 0 atom stereocenters. The van der Waals surface area contributed by atoms with E-state index < -0.39 is 10.0 Å². The molecule has 7 nitrogen and oxygen atoms in total. The maximum absolute atomic E-state index is 12.7. The number of carbonyl (C=O) groups excluding carboxylic acids is 1. The first-order valence-corrected chi connectivity index (χ1v) is 11.9. The highest BCUT2D eigenvalue weighted by Gasteiger charge is 2.15. The minimum atomic E-state index is -3.79. The summed E-state index contributed by atoms with van der Waals surface area (Å²) < 4.78 is 34.1. The molecule has 0 saturated heterocycles. The van der Waals surface area contributed by atoms with E-state index in [4.69, 9.17) is 14.6 Å². The molecule has 0 aliphatic rings. The standard InChI is InChI=1S/C25H28N2O5S/c1-25(2,3)19-6-10-21(11-7-19)32-16-18-15-17(5-14-23(18)31-4)24(28)27-20-8-12-22(13-9-20)33(26,29)30/h5-15H,16H2,1-4H3,(H,27,28)(H2,26,29,30). The minimum absolute atomic E-state index is 0.0279. The third-order valence-corrected chi connectivity index (χ3v) is 6.03. The number of anilines is 1. The number of amides is 1. The third-order valence-electron chi connectivity index (χ3n) is 5.10. The van der Waals surface area contributed by atoms with Crippen LogP contribution >= 0.6 is 0 Å². The van der Waals surface area contributed by atoms with Gasteiger partial charge in [-0.1, -0.05) is 32.9 Å². The summed E-state index contributed by atoms with van der Waals surface area (Å²) in [5.41, 5.74) is 2.84. The Labute approximate surface area is 194 Å². The molecule has 0 aliphatic carbocycles. The SMILES string of the molecule is COc1ccc(C(=O)Nc2ccc(S(N)(=O)=O)cc2)cc1COc1ccc(C(C)(C)C)cc1. The molecule has 0 fully saturated rings. The van der Waals surface area contributed by atoms with E-state index in [0.29, 0.717) is 17.0 Å². The van der Waals surface area contributed by atoms with Gasteiger partial charge < -0.3 is 14.8 Å². The number of nitrogens with two attached hydrogens (primary N) is 1. The fraction of sp³-hybridized carbons (Fsp3) is 0.240. The Morgan fingerprint density at radius 3 is 2.15 bits per heavy atom. The fourth-order valence-electron chi connectivity index (χ4n) is 3.18. The summed E-state index contributed by atoms with van der Waals surface area (Å²) in [4.78, 5) is 12.7. The molecule has 3 aromatic rings. The van der Waals surface area contributed by atoms with Gasteiger partial charge >= 0.3 is 0 Å². The number of nitrogens with one attached hydrogen (secondary N) is 1. The number of rotatable bonds is 7. The lowest BCUT2D eigenvalue weighted by atomic mass is 9.87. The number of hydrogen-bond acceptors (Lipinski definition) is 5. The summed E-state index contributed by atoms with van der Waals surface area (Å²) >= 11 is 0. The molecule has 0 aliphatic heterocycles. The largest absolute Gasteiger partial charge is 0.496 e. The molecule has 174 valence electrons. The zero-order valence-electron chi connectivity index (χ0n) is 19.1. The average Bonchev–Trinajstić information content (AvgIpc) is 2.77. The van der Waals surface area contributed by atoms with Gasteiger partial charge in [-0.2, -0.15) is 0 Å². The monoisotopic (exact) mass is 468 g/mol. The molecule has 0 radical (unpaired) electrons. The first-order valence-electron chi connectivity index (χ1n) is 10.3. The van der Waals surface area contributed by atoms with E-state index in [1.54, 1.807) is 25.3 Å². The fourth-order valence-corrected chi connectivity index (χ4v) is 3.69. The predicted octanol–water partition coefficient (Wildman–Crippen LogP) is 4.47. The van der Waals surface area contributed by atoms with Crippen molar-refractivity contribution in [3.05, 3.63) is 83.4 Å². The van der Waals surface area contributed by atoms with Crippen molar-refractivity contribution in [1.82, 2.24) is 0 Å². The Balaban J connectivity index is 1.72. The van der Waals surface area contributed by atoms with E-state index in [2.05, 4.69) is 26.1 Å². The maximum atomic E-state index is 12.7. The second-order valence-electron chi connectivity index (χ2n) is 8.61. The highest BCUT2D eigenvalue weighted by molar-refractivity contribution is 7.89. The summed E-state index contributed by atoms with van der Waals surface area (Å²) in [7, 11) is -2.23. The van der Waals surface area contributed by atoms with Crippen LogP contribution in [0.1, 0.15) is 42.3 Å². The average molecular weight is 469 g/mol. The van der Waals surface area contributed by atoms with Crippen molar-refractivity contribution in [2.24, 2.45) is 5.14 Å². The van der Waals surface area contributed by atoms with Crippen LogP contribution in [0.3, 0.4) is 0 Å². The smallest absolute Gasteiger partial charge is 0.255 e. The van der Waals surface area contributed by atoms with Gasteiger partial charge in [0.2, 0.25) is 10.0 Å². The van der Waals surface area contributed by atoms with Crippen molar-refractivity contribution in [3.8, 4) is 11.5 Å². The minimum Gasteiger partial charge on any atom is -0.496 e. The number of primary sulfonamides is 1. The van der Waals surface area contributed by atoms with Gasteiger partial charge in [0.1, 0.15) is 18.1 Å². The zero-order chi connectivity index (χ0) is 24.2. The lowest BCUT2D eigenvalue weighted by molar-refractivity contribution is 0.102. The normalized spacial score (nSPS) is 11.7. The number of benzene rings is 3. The topological polar surface area (TPSA) is 108 Å². The highest BCUT2D eigenvalue weighted by atomic mass is 32.2. The van der Waals surface area contributed by atoms with Gasteiger partial charge in [0.15, 0.2) is 0 Å². The van der Waals surface area contributed by atoms with Gasteiger partial charge in [0.05, 0.1) is 12.0 Å². The number of ether oxygens (including phenoxy) is 2. The van der Waals surface area contributed by atoms with Crippen molar-refractivity contribution in [3.63, 3.8) is 0 Å². The highest BCUT2D eigenvalue weighted by Crippen LogP contribution is 2.26. The van der Waals surface area contributed by atoms with Gasteiger partial charge in [0, 0.05) is 16.8 Å². The van der Waals surface area contributed by atoms with Crippen LogP contribution in [-0.4, -0.2) is 21.4 Å². The molecule has 0 unspecified atom stereocenters. The third kappa shape index (κ3) is 6.34. The molecule has 0 saturated carbocycles. The molecule has 1 amide bonds. The van der Waals surface area contributed by atoms with Crippen molar-refractivity contribution in [1.29, 1.82) is 0 Å². The van der Waals surface area contributed by atoms with Crippen molar-refractivity contribution in [2.75, 3.05) is 12.4 Å². The van der Waals surface area contributed by atoms with E-state index in [0.717, 1.165) is 11.3 Å². The van der Waals surface area contributed by atoms with E-state index in [9.17, 15) is 13.2 Å². The number of methoxy groups -OCH3 is 1. The van der Waals surface area contributed by atoms with Crippen LogP contribution in [0.4, 0.5) is 5.69 Å². The molecule has 33 heavy (non-hydrogen) atoms. The second-order valence-corrected chi connectivity index (χ2v) is 10.2. The predicted molar refractivity (Wildman–Crippen MR) is 128 cm³/mol. The van der Waals surface area contributed by atoms with E-state index in [1.165, 1.54) is 29.8 Å². The van der Waals surface area contributed by atoms with Crippen molar-refractivity contribution in [2.45, 2.75) is 37.7 Å². The second kappa shape index (κ2) is 9.64. The molecule has 0 spiro atoms. The Morgan fingerprint density at radius 1 is 0.970 bits per heavy atom. The van der Waals surface area contributed by atoms with E-state index >= 15 is 0 Å². The first-order chi connectivity index (χ1) is 15.5. The number of hydrogen-bond donors (Lipinski definition) is 2. The van der Waals surface area contributed by atoms with E-state index in [1.807, 2.05) is 24.3 Å². The Bertz CT molecular complexity index is 1230. The molecular weight excluding hydrogens is 440 g/mol. The summed E-state index contributed by atoms with van der Waals surface area (Å²) in [5, 5.41) is 7.84. The quantitative estimate of drug-likeness (QED) is 0.532. The van der Waals surface area contributed by atoms with Crippen LogP contribution in [0.2, 0.25) is 0 Å². The lowest BCUT2D eigenvalue weighted by Gasteiger charge is -2.19. The van der Waals surface area contributed by atoms with Gasteiger partial charge in [-0.05, 0) is 65.6 Å². The van der Waals surface area contributed by atoms with Crippen LogP contribution in [-0.2, 0) is 22.0 Å². The van der Waals surface area contributed by atoms with E-state index in [-0.39, 0.29) is 22.8 Å². The molecule has 3 rings (SSSR count). The summed E-state index contributed by atoms with van der Waals surface area (Å²) in [5.74, 6) is 0.974. The number of carbonyl (C=O) groups is 1. The molecule has 8 heteroatoms. The summed E-state index contributed by atoms with van der Waals surface area (Å²) in [6.07, 6.45) is 0. The molecular formula is C25H28N2O5S. The molecule has 3 N–H and O–H groups in total. The molecule has 0 aromatic heterocycles. The van der Waals surface area contributed by atoms with Crippen LogP contribution in [0.5, 0.6) is 11.5 Å². The van der Waals surface area contributed by atoms with Crippen molar-refractivity contribution >= 4 is 21.6 Å². The Morgan fingerprint density at radius 2 is 1.61 bits per heavy atom. The molecule has 0 bridgehead atoms. The van der Waals surface area contributed by atoms with Gasteiger partial charge in [-0.3, -0.25) is 4.79 Å². The molecule has 0 heterocycles. The van der Waals surface area contributed by atoms with Crippen LogP contribution in [0, 0.1) is 0 Å². The summed E-state index contributed by atoms with van der Waals surface area (Å²) in [6.45, 7) is 6.68. The van der Waals surface area contributed by atoms with Crippen LogP contribution in [0.15, 0.2) is 71.6 Å². The van der Waals surface area contributed by atoms with Gasteiger partial charge in [0.25, 0.3) is 5.91 Å². The maximum Gasteiger partial charge on any atom is 0.255 e. The first kappa shape index (κ1) is 24.3.